The van der Waals surface area contributed by atoms with Gasteiger partial charge in [-0.05, 0) is 24.3 Å². The van der Waals surface area contributed by atoms with Gasteiger partial charge in [-0.15, -0.1) is 0 Å². The van der Waals surface area contributed by atoms with Crippen molar-refractivity contribution in [2.75, 3.05) is 17.2 Å². The molecule has 5 nitrogen and oxygen atoms in total. The first-order chi connectivity index (χ1) is 9.65. The van der Waals surface area contributed by atoms with Gasteiger partial charge < -0.3 is 15.2 Å². The second-order valence-corrected chi connectivity index (χ2v) is 5.18. The third-order valence-electron chi connectivity index (χ3n) is 3.04. The second-order valence-electron chi connectivity index (χ2n) is 4.35. The predicted octanol–water partition coefficient (Wildman–Crippen LogP) is 2.94. The van der Waals surface area contributed by atoms with Gasteiger partial charge in [-0.25, -0.2) is 4.98 Å². The lowest BCUT2D eigenvalue weighted by atomic mass is 10.2. The van der Waals surface area contributed by atoms with Crippen LogP contribution >= 0.6 is 23.8 Å². The molecule has 2 N–H and O–H groups in total. The van der Waals surface area contributed by atoms with E-state index in [1.165, 1.54) is 0 Å². The molecule has 2 heterocycles. The number of anilines is 2. The fourth-order valence-electron chi connectivity index (χ4n) is 2.04. The van der Waals surface area contributed by atoms with Crippen molar-refractivity contribution in [1.82, 2.24) is 9.55 Å². The number of nitrogens with one attached hydrogen (secondary N) is 2. The zero-order valence-electron chi connectivity index (χ0n) is 10.4. The molecule has 1 aliphatic heterocycles. The van der Waals surface area contributed by atoms with E-state index in [9.17, 15) is 4.79 Å². The first-order valence-electron chi connectivity index (χ1n) is 6.05. The molecule has 0 bridgehead atoms. The molecule has 1 aromatic heterocycles. The number of amides is 1. The minimum atomic E-state index is -0.239. The van der Waals surface area contributed by atoms with Crippen LogP contribution in [0.15, 0.2) is 30.6 Å². The predicted molar refractivity (Wildman–Crippen MR) is 81.0 cm³/mol. The lowest BCUT2D eigenvalue weighted by Gasteiger charge is -2.11. The van der Waals surface area contributed by atoms with Gasteiger partial charge in [-0.3, -0.25) is 4.79 Å². The number of rotatable bonds is 2. The Kier molecular flexibility index (Phi) is 3.42. The van der Waals surface area contributed by atoms with E-state index in [2.05, 4.69) is 15.6 Å². The Hall–Kier alpha value is -1.92. The molecule has 0 saturated carbocycles. The number of nitrogens with zero attached hydrogens (tertiary/aromatic N) is 2. The molecular formula is C13H11ClN4OS. The van der Waals surface area contributed by atoms with Crippen LogP contribution in [0.4, 0.5) is 11.5 Å². The minimum Gasteiger partial charge on any atom is -0.368 e. The summed E-state index contributed by atoms with van der Waals surface area (Å²) in [7, 11) is 0. The highest BCUT2D eigenvalue weighted by atomic mass is 35.5. The Bertz CT molecular complexity index is 726. The standard InChI is InChI=1S/C13H11ClN4OS/c14-9-3-1-8(2-4-9)12(19)17-10-11-15-5-6-18(11)7-16-13(10)20/h1-4,7,15H,5-6H2,(H,17,19). The number of carbonyl (C=O) groups is 1. The van der Waals surface area contributed by atoms with Crippen LogP contribution in [0.5, 0.6) is 0 Å². The Morgan fingerprint density at radius 1 is 1.40 bits per heavy atom. The molecule has 102 valence electrons. The number of halogens is 1. The number of fused-ring (bicyclic) bond motifs is 1. The average Bonchev–Trinajstić information content (AvgIpc) is 2.91. The fraction of sp³-hybridized carbons (Fsp3) is 0.154. The normalized spacial score (nSPS) is 12.7. The van der Waals surface area contributed by atoms with E-state index in [-0.39, 0.29) is 5.91 Å². The van der Waals surface area contributed by atoms with Crippen molar-refractivity contribution in [2.24, 2.45) is 0 Å². The van der Waals surface area contributed by atoms with Crippen LogP contribution in [0, 0.1) is 4.64 Å². The van der Waals surface area contributed by atoms with Gasteiger partial charge in [-0.2, -0.15) is 0 Å². The molecular weight excluding hydrogens is 296 g/mol. The Morgan fingerprint density at radius 2 is 2.15 bits per heavy atom. The van der Waals surface area contributed by atoms with Gasteiger partial charge >= 0.3 is 0 Å². The van der Waals surface area contributed by atoms with Gasteiger partial charge in [0.15, 0.2) is 4.64 Å². The van der Waals surface area contributed by atoms with E-state index in [4.69, 9.17) is 23.8 Å². The molecule has 0 spiro atoms. The zero-order chi connectivity index (χ0) is 14.1. The van der Waals surface area contributed by atoms with Crippen molar-refractivity contribution in [3.8, 4) is 0 Å². The lowest BCUT2D eigenvalue weighted by molar-refractivity contribution is 0.102. The van der Waals surface area contributed by atoms with Crippen molar-refractivity contribution in [2.45, 2.75) is 6.54 Å². The maximum atomic E-state index is 12.2. The summed E-state index contributed by atoms with van der Waals surface area (Å²) in [5, 5.41) is 6.60. The van der Waals surface area contributed by atoms with Gasteiger partial charge in [0.2, 0.25) is 0 Å². The van der Waals surface area contributed by atoms with Crippen molar-refractivity contribution >= 4 is 41.2 Å². The first-order valence-corrected chi connectivity index (χ1v) is 6.84. The van der Waals surface area contributed by atoms with E-state index in [0.717, 1.165) is 18.9 Å². The first kappa shape index (κ1) is 13.1. The molecule has 0 radical (unpaired) electrons. The molecule has 0 atom stereocenters. The zero-order valence-corrected chi connectivity index (χ0v) is 12.0. The van der Waals surface area contributed by atoms with E-state index >= 15 is 0 Å². The highest BCUT2D eigenvalue weighted by Crippen LogP contribution is 2.25. The van der Waals surface area contributed by atoms with Crippen molar-refractivity contribution in [1.29, 1.82) is 0 Å². The summed E-state index contributed by atoms with van der Waals surface area (Å²) < 4.78 is 2.29. The molecule has 1 aliphatic rings. The number of hydrogen-bond donors (Lipinski definition) is 2. The van der Waals surface area contributed by atoms with Crippen LogP contribution in [-0.2, 0) is 6.54 Å². The van der Waals surface area contributed by atoms with Crippen LogP contribution in [0.2, 0.25) is 5.02 Å². The Balaban J connectivity index is 1.92. The van der Waals surface area contributed by atoms with Gasteiger partial charge in [0.1, 0.15) is 11.5 Å². The molecule has 0 fully saturated rings. The van der Waals surface area contributed by atoms with Gasteiger partial charge in [-0.1, -0.05) is 23.8 Å². The van der Waals surface area contributed by atoms with E-state index in [1.807, 2.05) is 4.57 Å². The number of benzene rings is 1. The summed E-state index contributed by atoms with van der Waals surface area (Å²) in [4.78, 5) is 16.3. The van der Waals surface area contributed by atoms with Gasteiger partial charge in [0, 0.05) is 23.7 Å². The smallest absolute Gasteiger partial charge is 0.255 e. The molecule has 1 aromatic carbocycles. The fourth-order valence-corrected chi connectivity index (χ4v) is 2.36. The topological polar surface area (TPSA) is 59.0 Å². The maximum absolute atomic E-state index is 12.2. The summed E-state index contributed by atoms with van der Waals surface area (Å²) >= 11 is 11.0. The number of aromatic nitrogens is 2. The molecule has 20 heavy (non-hydrogen) atoms. The summed E-state index contributed by atoms with van der Waals surface area (Å²) in [6.45, 7) is 1.60. The van der Waals surface area contributed by atoms with E-state index in [0.29, 0.717) is 20.9 Å². The lowest BCUT2D eigenvalue weighted by Crippen LogP contribution is -2.14. The van der Waals surface area contributed by atoms with Crippen molar-refractivity contribution < 1.29 is 4.79 Å². The quantitative estimate of drug-likeness (QED) is 0.838. The third-order valence-corrected chi connectivity index (χ3v) is 3.60. The number of carbonyl (C=O) groups excluding carboxylic acids is 1. The molecule has 0 aliphatic carbocycles. The van der Waals surface area contributed by atoms with Crippen LogP contribution in [0.1, 0.15) is 10.4 Å². The minimum absolute atomic E-state index is 0.239. The summed E-state index contributed by atoms with van der Waals surface area (Å²) in [6, 6.07) is 6.67. The molecule has 7 heteroatoms. The molecule has 0 saturated heterocycles. The summed E-state index contributed by atoms with van der Waals surface area (Å²) in [5.74, 6) is 0.560. The monoisotopic (exact) mass is 306 g/mol. The third kappa shape index (κ3) is 2.39. The molecule has 0 unspecified atom stereocenters. The van der Waals surface area contributed by atoms with Crippen molar-refractivity contribution in [3.63, 3.8) is 0 Å². The van der Waals surface area contributed by atoms with Crippen LogP contribution in [-0.4, -0.2) is 22.0 Å². The number of hydrogen-bond acceptors (Lipinski definition) is 4. The van der Waals surface area contributed by atoms with Crippen LogP contribution in [0.25, 0.3) is 0 Å². The largest absolute Gasteiger partial charge is 0.368 e. The average molecular weight is 307 g/mol. The highest BCUT2D eigenvalue weighted by molar-refractivity contribution is 7.71. The van der Waals surface area contributed by atoms with Gasteiger partial charge in [0.05, 0.1) is 6.33 Å². The molecule has 1 amide bonds. The molecule has 3 rings (SSSR count). The Morgan fingerprint density at radius 3 is 2.90 bits per heavy atom. The SMILES string of the molecule is O=C(Nc1c2n(cnc1=S)CCN2)c1ccc(Cl)cc1. The summed E-state index contributed by atoms with van der Waals surface area (Å²) in [5.41, 5.74) is 1.06. The Labute approximate surface area is 125 Å². The van der Waals surface area contributed by atoms with Gasteiger partial charge in [0.25, 0.3) is 5.91 Å². The summed E-state index contributed by atoms with van der Waals surface area (Å²) in [6.07, 6.45) is 1.68. The maximum Gasteiger partial charge on any atom is 0.255 e. The molecule has 2 aromatic rings. The van der Waals surface area contributed by atoms with Crippen molar-refractivity contribution in [3.05, 3.63) is 45.8 Å². The van der Waals surface area contributed by atoms with E-state index in [1.54, 1.807) is 30.6 Å². The van der Waals surface area contributed by atoms with Crippen LogP contribution in [0.3, 0.4) is 0 Å². The van der Waals surface area contributed by atoms with E-state index < -0.39 is 0 Å². The second kappa shape index (κ2) is 5.22. The highest BCUT2D eigenvalue weighted by Gasteiger charge is 2.17. The van der Waals surface area contributed by atoms with Crippen LogP contribution < -0.4 is 10.6 Å².